The molecule has 3 rings (SSSR count). The van der Waals surface area contributed by atoms with Crippen molar-refractivity contribution < 1.29 is 17.9 Å². The molecule has 0 aliphatic rings. The zero-order chi connectivity index (χ0) is 21.7. The Bertz CT molecular complexity index is 1130. The van der Waals surface area contributed by atoms with Crippen LogP contribution in [0, 0.1) is 6.92 Å². The zero-order valence-corrected chi connectivity index (χ0v) is 18.0. The second kappa shape index (κ2) is 9.19. The van der Waals surface area contributed by atoms with E-state index < -0.39 is 16.1 Å². The summed E-state index contributed by atoms with van der Waals surface area (Å²) >= 11 is 6.04. The molecule has 0 heterocycles. The number of benzene rings is 3. The van der Waals surface area contributed by atoms with Crippen LogP contribution in [0.3, 0.4) is 0 Å². The monoisotopic (exact) mass is 444 g/mol. The molecule has 8 heteroatoms. The summed E-state index contributed by atoms with van der Waals surface area (Å²) < 4.78 is 33.2. The minimum Gasteiger partial charge on any atom is -0.479 e. The van der Waals surface area contributed by atoms with Crippen LogP contribution in [0.5, 0.6) is 5.75 Å². The smallest absolute Gasteiger partial charge is 0.265 e. The first-order valence-electron chi connectivity index (χ1n) is 9.16. The topological polar surface area (TPSA) is 84.5 Å². The third kappa shape index (κ3) is 5.52. The molecule has 0 unspecified atom stereocenters. The number of aryl methyl sites for hydroxylation is 1. The number of rotatable bonds is 7. The number of para-hydroxylation sites is 1. The van der Waals surface area contributed by atoms with Crippen molar-refractivity contribution in [3.05, 3.63) is 83.4 Å². The summed E-state index contributed by atoms with van der Waals surface area (Å²) in [7, 11) is -3.74. The van der Waals surface area contributed by atoms with E-state index in [1.54, 1.807) is 43.3 Å². The van der Waals surface area contributed by atoms with Gasteiger partial charge in [0.2, 0.25) is 0 Å². The maximum Gasteiger partial charge on any atom is 0.265 e. The zero-order valence-electron chi connectivity index (χ0n) is 16.4. The number of sulfonamides is 1. The number of anilines is 2. The summed E-state index contributed by atoms with van der Waals surface area (Å²) in [6.45, 7) is 3.52. The molecule has 0 radical (unpaired) electrons. The predicted octanol–water partition coefficient (Wildman–Crippen LogP) is 4.86. The second-order valence-electron chi connectivity index (χ2n) is 6.68. The van der Waals surface area contributed by atoms with Gasteiger partial charge in [-0.15, -0.1) is 0 Å². The van der Waals surface area contributed by atoms with E-state index in [2.05, 4.69) is 10.0 Å². The highest BCUT2D eigenvalue weighted by Gasteiger charge is 2.18. The second-order valence-corrected chi connectivity index (χ2v) is 8.77. The fourth-order valence-corrected chi connectivity index (χ4v) is 3.82. The van der Waals surface area contributed by atoms with Crippen LogP contribution >= 0.6 is 11.6 Å². The number of nitrogens with one attached hydrogen (secondary N) is 2. The van der Waals surface area contributed by atoms with Crippen molar-refractivity contribution in [3.63, 3.8) is 0 Å². The lowest BCUT2D eigenvalue weighted by Crippen LogP contribution is -2.30. The van der Waals surface area contributed by atoms with Crippen molar-refractivity contribution in [2.45, 2.75) is 24.8 Å². The first kappa shape index (κ1) is 21.7. The summed E-state index contributed by atoms with van der Waals surface area (Å²) in [6, 6.07) is 19.8. The van der Waals surface area contributed by atoms with Crippen LogP contribution in [0.1, 0.15) is 12.5 Å². The van der Waals surface area contributed by atoms with E-state index in [4.69, 9.17) is 16.3 Å². The molecule has 0 aliphatic heterocycles. The van der Waals surface area contributed by atoms with E-state index in [1.807, 2.05) is 19.1 Å². The summed E-state index contributed by atoms with van der Waals surface area (Å²) in [6.07, 6.45) is -0.795. The molecule has 3 aromatic carbocycles. The number of halogens is 1. The van der Waals surface area contributed by atoms with Gasteiger partial charge in [-0.3, -0.25) is 9.52 Å². The normalized spacial score (nSPS) is 12.1. The lowest BCUT2D eigenvalue weighted by atomic mass is 10.2. The van der Waals surface area contributed by atoms with Crippen LogP contribution in [0.15, 0.2) is 77.7 Å². The standard InChI is InChI=1S/C22H21ClN2O4S/c1-15-7-9-18(10-8-15)25-30(27,28)19-13-11-17(12-14-19)24-22(26)16(2)29-21-6-4-3-5-20(21)23/h3-14,16,25H,1-2H3,(H,24,26)/t16-/m0/s1. The molecule has 1 amide bonds. The molecule has 6 nitrogen and oxygen atoms in total. The van der Waals surface area contributed by atoms with E-state index in [-0.39, 0.29) is 10.8 Å². The minimum absolute atomic E-state index is 0.0847. The molecule has 0 saturated carbocycles. The first-order valence-corrected chi connectivity index (χ1v) is 11.0. The highest BCUT2D eigenvalue weighted by atomic mass is 35.5. The molecular formula is C22H21ClN2O4S. The Morgan fingerprint density at radius 3 is 2.17 bits per heavy atom. The average Bonchev–Trinajstić information content (AvgIpc) is 2.71. The van der Waals surface area contributed by atoms with E-state index in [1.165, 1.54) is 24.3 Å². The van der Waals surface area contributed by atoms with Gasteiger partial charge in [0.15, 0.2) is 6.10 Å². The Morgan fingerprint density at radius 2 is 1.53 bits per heavy atom. The molecule has 0 saturated heterocycles. The largest absolute Gasteiger partial charge is 0.479 e. The lowest BCUT2D eigenvalue weighted by Gasteiger charge is -2.16. The molecule has 0 aliphatic carbocycles. The average molecular weight is 445 g/mol. The maximum absolute atomic E-state index is 12.5. The minimum atomic E-state index is -3.74. The van der Waals surface area contributed by atoms with Gasteiger partial charge >= 0.3 is 0 Å². The van der Waals surface area contributed by atoms with Gasteiger partial charge in [0, 0.05) is 11.4 Å². The number of carbonyl (C=O) groups is 1. The van der Waals surface area contributed by atoms with Crippen molar-refractivity contribution >= 4 is 38.9 Å². The van der Waals surface area contributed by atoms with Crippen LogP contribution < -0.4 is 14.8 Å². The summed E-state index contributed by atoms with van der Waals surface area (Å²) in [5.41, 5.74) is 1.96. The van der Waals surface area contributed by atoms with E-state index in [0.29, 0.717) is 22.1 Å². The van der Waals surface area contributed by atoms with Crippen molar-refractivity contribution in [2.24, 2.45) is 0 Å². The molecule has 1 atom stereocenters. The molecule has 0 fully saturated rings. The summed E-state index contributed by atoms with van der Waals surface area (Å²) in [4.78, 5) is 12.5. The predicted molar refractivity (Wildman–Crippen MR) is 119 cm³/mol. The Morgan fingerprint density at radius 1 is 0.933 bits per heavy atom. The number of ether oxygens (including phenoxy) is 1. The number of hydrogen-bond acceptors (Lipinski definition) is 4. The lowest BCUT2D eigenvalue weighted by molar-refractivity contribution is -0.122. The summed E-state index contributed by atoms with van der Waals surface area (Å²) in [5, 5.41) is 3.10. The van der Waals surface area contributed by atoms with Crippen molar-refractivity contribution in [2.75, 3.05) is 10.0 Å². The fourth-order valence-electron chi connectivity index (χ4n) is 2.58. The molecule has 3 aromatic rings. The third-order valence-electron chi connectivity index (χ3n) is 4.25. The summed E-state index contributed by atoms with van der Waals surface area (Å²) in [5.74, 6) is 0.0220. The van der Waals surface area contributed by atoms with Crippen molar-refractivity contribution in [1.82, 2.24) is 0 Å². The van der Waals surface area contributed by atoms with Crippen LogP contribution in [0.2, 0.25) is 5.02 Å². The highest BCUT2D eigenvalue weighted by molar-refractivity contribution is 7.92. The first-order chi connectivity index (χ1) is 14.2. The molecule has 156 valence electrons. The van der Waals surface area contributed by atoms with Crippen LogP contribution in [0.25, 0.3) is 0 Å². The molecular weight excluding hydrogens is 424 g/mol. The fraction of sp³-hybridized carbons (Fsp3) is 0.136. The maximum atomic E-state index is 12.5. The van der Waals surface area contributed by atoms with Gasteiger partial charge < -0.3 is 10.1 Å². The van der Waals surface area contributed by atoms with Crippen molar-refractivity contribution in [1.29, 1.82) is 0 Å². The van der Waals surface area contributed by atoms with Gasteiger partial charge in [-0.05, 0) is 62.4 Å². The van der Waals surface area contributed by atoms with Crippen LogP contribution in [0.4, 0.5) is 11.4 Å². The van der Waals surface area contributed by atoms with Crippen molar-refractivity contribution in [3.8, 4) is 5.75 Å². The van der Waals surface area contributed by atoms with Crippen LogP contribution in [-0.4, -0.2) is 20.4 Å². The van der Waals surface area contributed by atoms with Crippen LogP contribution in [-0.2, 0) is 14.8 Å². The highest BCUT2D eigenvalue weighted by Crippen LogP contribution is 2.24. The van der Waals surface area contributed by atoms with Gasteiger partial charge in [-0.1, -0.05) is 41.4 Å². The molecule has 2 N–H and O–H groups in total. The number of amides is 1. The third-order valence-corrected chi connectivity index (χ3v) is 5.96. The van der Waals surface area contributed by atoms with Gasteiger partial charge in [0.1, 0.15) is 5.75 Å². The Balaban J connectivity index is 1.64. The SMILES string of the molecule is Cc1ccc(NS(=O)(=O)c2ccc(NC(=O)[C@H](C)Oc3ccccc3Cl)cc2)cc1. The van der Waals surface area contributed by atoms with Gasteiger partial charge in [0.25, 0.3) is 15.9 Å². The number of carbonyl (C=O) groups excluding carboxylic acids is 1. The van der Waals surface area contributed by atoms with E-state index >= 15 is 0 Å². The number of hydrogen-bond donors (Lipinski definition) is 2. The van der Waals surface area contributed by atoms with E-state index in [0.717, 1.165) is 5.56 Å². The molecule has 30 heavy (non-hydrogen) atoms. The quantitative estimate of drug-likeness (QED) is 0.545. The van der Waals surface area contributed by atoms with Gasteiger partial charge in [0.05, 0.1) is 9.92 Å². The van der Waals surface area contributed by atoms with E-state index in [9.17, 15) is 13.2 Å². The Labute approximate surface area is 180 Å². The molecule has 0 aromatic heterocycles. The van der Waals surface area contributed by atoms with Gasteiger partial charge in [-0.25, -0.2) is 8.42 Å². The Hall–Kier alpha value is -3.03. The molecule has 0 bridgehead atoms. The Kier molecular flexibility index (Phi) is 6.64. The van der Waals surface area contributed by atoms with Gasteiger partial charge in [-0.2, -0.15) is 0 Å². The molecule has 0 spiro atoms.